The number of ether oxygens (including phenoxy) is 2. The number of nitrogens with zero attached hydrogens (tertiary/aromatic N) is 1. The first kappa shape index (κ1) is 31.4. The zero-order chi connectivity index (χ0) is 17.4. The van der Waals surface area contributed by atoms with Crippen molar-refractivity contribution in [1.82, 2.24) is 4.90 Å². The molecule has 0 bridgehead atoms. The highest BCUT2D eigenvalue weighted by atomic mass is 16.5. The van der Waals surface area contributed by atoms with Crippen molar-refractivity contribution < 1.29 is 9.47 Å². The Morgan fingerprint density at radius 3 is 1.58 bits per heavy atom. The van der Waals surface area contributed by atoms with E-state index in [9.17, 15) is 0 Å². The largest absolute Gasteiger partial charge is 0.379 e. The summed E-state index contributed by atoms with van der Waals surface area (Å²) in [5.41, 5.74) is 1.56. The van der Waals surface area contributed by atoms with Gasteiger partial charge in [0.1, 0.15) is 0 Å². The van der Waals surface area contributed by atoms with Gasteiger partial charge in [0.05, 0.1) is 26.4 Å². The van der Waals surface area contributed by atoms with Crippen LogP contribution in [0.3, 0.4) is 0 Å². The second-order valence-electron chi connectivity index (χ2n) is 5.50. The molecule has 1 fully saturated rings. The van der Waals surface area contributed by atoms with Crippen LogP contribution >= 0.6 is 0 Å². The van der Waals surface area contributed by atoms with Crippen molar-refractivity contribution >= 4 is 0 Å². The van der Waals surface area contributed by atoms with E-state index in [4.69, 9.17) is 9.47 Å². The summed E-state index contributed by atoms with van der Waals surface area (Å²) in [5, 5.41) is 0. The second-order valence-corrected chi connectivity index (χ2v) is 5.50. The van der Waals surface area contributed by atoms with Crippen LogP contribution in [0.25, 0.3) is 0 Å². The molecule has 0 unspecified atom stereocenters. The Labute approximate surface area is 154 Å². The van der Waals surface area contributed by atoms with E-state index in [0.29, 0.717) is 12.0 Å². The number of morpholine rings is 1. The van der Waals surface area contributed by atoms with Gasteiger partial charge in [0, 0.05) is 19.1 Å². The topological polar surface area (TPSA) is 21.7 Å². The van der Waals surface area contributed by atoms with E-state index in [-0.39, 0.29) is 14.9 Å². The summed E-state index contributed by atoms with van der Waals surface area (Å²) >= 11 is 0. The molecular weight excluding hydrogens is 298 g/mol. The zero-order valence-corrected chi connectivity index (χ0v) is 16.4. The summed E-state index contributed by atoms with van der Waals surface area (Å²) in [6.45, 7) is 22.7. The van der Waals surface area contributed by atoms with Gasteiger partial charge in [-0.15, -0.1) is 0 Å². The van der Waals surface area contributed by atoms with Gasteiger partial charge in [0.2, 0.25) is 0 Å². The average Bonchev–Trinajstić information content (AvgIpc) is 2.60. The lowest BCUT2D eigenvalue weighted by molar-refractivity contribution is 0.0238. The Morgan fingerprint density at radius 2 is 1.33 bits per heavy atom. The van der Waals surface area contributed by atoms with Gasteiger partial charge in [-0.05, 0) is 26.2 Å². The molecule has 0 spiro atoms. The molecule has 0 radical (unpaired) electrons. The third-order valence-electron chi connectivity index (χ3n) is 3.52. The lowest BCUT2D eigenvalue weighted by Crippen LogP contribution is -2.40. The highest BCUT2D eigenvalue weighted by molar-refractivity contribution is 5.06. The Morgan fingerprint density at radius 1 is 0.833 bits per heavy atom. The normalized spacial score (nSPS) is 16.7. The van der Waals surface area contributed by atoms with Crippen molar-refractivity contribution in [2.75, 3.05) is 39.5 Å². The maximum atomic E-state index is 5.21. The molecular formula is C21H49NO2. The quantitative estimate of drug-likeness (QED) is 0.568. The molecule has 0 aromatic rings. The molecule has 150 valence electrons. The molecule has 2 aliphatic heterocycles. The van der Waals surface area contributed by atoms with Crippen LogP contribution in [0, 0.1) is 5.92 Å². The molecule has 24 heavy (non-hydrogen) atoms. The van der Waals surface area contributed by atoms with Crippen LogP contribution in [0.1, 0.15) is 76.7 Å². The van der Waals surface area contributed by atoms with Crippen LogP contribution in [0.4, 0.5) is 0 Å². The first-order valence-corrected chi connectivity index (χ1v) is 9.19. The molecule has 3 nitrogen and oxygen atoms in total. The molecule has 0 aromatic carbocycles. The van der Waals surface area contributed by atoms with Crippen molar-refractivity contribution in [3.8, 4) is 0 Å². The van der Waals surface area contributed by atoms with E-state index >= 15 is 0 Å². The van der Waals surface area contributed by atoms with Crippen LogP contribution in [-0.4, -0.2) is 50.5 Å². The van der Waals surface area contributed by atoms with Gasteiger partial charge in [-0.1, -0.05) is 68.0 Å². The summed E-state index contributed by atoms with van der Waals surface area (Å²) in [5.74, 6) is 0.717. The first-order chi connectivity index (χ1) is 10.6. The van der Waals surface area contributed by atoms with Crippen LogP contribution in [0.15, 0.2) is 11.6 Å². The summed E-state index contributed by atoms with van der Waals surface area (Å²) < 4.78 is 10.4. The molecule has 0 saturated carbocycles. The molecule has 0 aromatic heterocycles. The molecule has 1 saturated heterocycles. The Balaban J connectivity index is -0.000000129. The molecule has 0 atom stereocenters. The fourth-order valence-corrected chi connectivity index (χ4v) is 2.16. The SMILES string of the molecule is C.C.CC.CC.CC(C)C1=CCOCC1.CC(C)N1CCOCC1. The molecule has 0 aliphatic carbocycles. The predicted molar refractivity (Wildman–Crippen MR) is 112 cm³/mol. The van der Waals surface area contributed by atoms with Gasteiger partial charge in [-0.3, -0.25) is 4.90 Å². The predicted octanol–water partition coefficient (Wildman–Crippen LogP) is 6.04. The first-order valence-electron chi connectivity index (χ1n) is 9.19. The molecule has 2 heterocycles. The lowest BCUT2D eigenvalue weighted by Gasteiger charge is -2.29. The Hall–Kier alpha value is -0.380. The van der Waals surface area contributed by atoms with E-state index in [0.717, 1.165) is 45.9 Å². The van der Waals surface area contributed by atoms with E-state index in [1.807, 2.05) is 27.7 Å². The summed E-state index contributed by atoms with van der Waals surface area (Å²) in [7, 11) is 0. The monoisotopic (exact) mass is 347 g/mol. The van der Waals surface area contributed by atoms with Crippen molar-refractivity contribution in [3.05, 3.63) is 11.6 Å². The molecule has 3 heteroatoms. The Bertz CT molecular complexity index is 244. The number of hydrogen-bond acceptors (Lipinski definition) is 3. The van der Waals surface area contributed by atoms with Crippen molar-refractivity contribution in [1.29, 1.82) is 0 Å². The van der Waals surface area contributed by atoms with Crippen LogP contribution in [0.2, 0.25) is 0 Å². The third kappa shape index (κ3) is 16.5. The average molecular weight is 348 g/mol. The lowest BCUT2D eigenvalue weighted by atomic mass is 9.99. The summed E-state index contributed by atoms with van der Waals surface area (Å²) in [6.07, 6.45) is 3.34. The zero-order valence-electron chi connectivity index (χ0n) is 16.4. The fourth-order valence-electron chi connectivity index (χ4n) is 2.16. The maximum absolute atomic E-state index is 5.21. The highest BCUT2D eigenvalue weighted by Gasteiger charge is 2.12. The summed E-state index contributed by atoms with van der Waals surface area (Å²) in [6, 6.07) is 0.689. The standard InChI is InChI=1S/C8H14O.C7H15NO.2C2H6.2CH4/c2*1-7(2)8-3-5-9-6-4-8;2*1-2;;/h3,7H,4-6H2,1-2H3;7H,3-6H2,1-2H3;2*1-2H3;2*1H4. The Kier molecular flexibility index (Phi) is 29.6. The van der Waals surface area contributed by atoms with E-state index < -0.39 is 0 Å². The number of hydrogen-bond donors (Lipinski definition) is 0. The molecule has 0 N–H and O–H groups in total. The van der Waals surface area contributed by atoms with Crippen molar-refractivity contribution in [3.63, 3.8) is 0 Å². The van der Waals surface area contributed by atoms with Crippen LogP contribution in [-0.2, 0) is 9.47 Å². The van der Waals surface area contributed by atoms with Gasteiger partial charge in [0.25, 0.3) is 0 Å². The highest BCUT2D eigenvalue weighted by Crippen LogP contribution is 2.16. The number of rotatable bonds is 2. The van der Waals surface area contributed by atoms with Gasteiger partial charge >= 0.3 is 0 Å². The van der Waals surface area contributed by atoms with Gasteiger partial charge in [-0.2, -0.15) is 0 Å². The van der Waals surface area contributed by atoms with Gasteiger partial charge in [0.15, 0.2) is 0 Å². The smallest absolute Gasteiger partial charge is 0.0650 e. The minimum atomic E-state index is 0. The van der Waals surface area contributed by atoms with Gasteiger partial charge in [-0.25, -0.2) is 0 Å². The minimum absolute atomic E-state index is 0. The van der Waals surface area contributed by atoms with E-state index in [1.54, 1.807) is 5.57 Å². The fraction of sp³-hybridized carbons (Fsp3) is 0.905. The summed E-state index contributed by atoms with van der Waals surface area (Å²) in [4.78, 5) is 2.43. The van der Waals surface area contributed by atoms with Crippen molar-refractivity contribution in [2.24, 2.45) is 5.92 Å². The van der Waals surface area contributed by atoms with E-state index in [2.05, 4.69) is 38.7 Å². The molecule has 0 amide bonds. The molecule has 2 aliphatic rings. The molecule has 2 rings (SSSR count). The van der Waals surface area contributed by atoms with E-state index in [1.165, 1.54) is 0 Å². The second kappa shape index (κ2) is 22.6. The maximum Gasteiger partial charge on any atom is 0.0650 e. The van der Waals surface area contributed by atoms with Crippen LogP contribution < -0.4 is 0 Å². The van der Waals surface area contributed by atoms with Gasteiger partial charge < -0.3 is 9.47 Å². The van der Waals surface area contributed by atoms with Crippen molar-refractivity contribution in [2.45, 2.75) is 82.7 Å². The minimum Gasteiger partial charge on any atom is -0.379 e. The van der Waals surface area contributed by atoms with Crippen LogP contribution in [0.5, 0.6) is 0 Å². The third-order valence-corrected chi connectivity index (χ3v) is 3.52.